The lowest BCUT2D eigenvalue weighted by Gasteiger charge is -2.35. The lowest BCUT2D eigenvalue weighted by molar-refractivity contribution is -0.132. The minimum absolute atomic E-state index is 0.0899. The summed E-state index contributed by atoms with van der Waals surface area (Å²) in [6.07, 6.45) is 0. The van der Waals surface area contributed by atoms with Crippen molar-refractivity contribution in [2.45, 2.75) is 13.8 Å². The molecule has 0 spiro atoms. The Kier molecular flexibility index (Phi) is 6.71. The first kappa shape index (κ1) is 18.5. The van der Waals surface area contributed by atoms with E-state index in [1.807, 2.05) is 18.7 Å². The van der Waals surface area contributed by atoms with Crippen molar-refractivity contribution in [3.8, 4) is 0 Å². The molecule has 5 nitrogen and oxygen atoms in total. The number of thiophene rings is 1. The molecule has 0 bridgehead atoms. The van der Waals surface area contributed by atoms with E-state index in [4.69, 9.17) is 23.2 Å². The van der Waals surface area contributed by atoms with Crippen molar-refractivity contribution >= 4 is 46.4 Å². The highest BCUT2D eigenvalue weighted by atomic mass is 35.5. The summed E-state index contributed by atoms with van der Waals surface area (Å²) in [5, 5.41) is 0. The summed E-state index contributed by atoms with van der Waals surface area (Å²) in [5.74, 6) is 0.0512. The normalized spacial score (nSPS) is 15.7. The molecule has 1 aliphatic rings. The number of hydrogen-bond donors (Lipinski definition) is 0. The molecule has 1 aromatic heterocycles. The molecule has 1 aromatic rings. The largest absolute Gasteiger partial charge is 0.342 e. The van der Waals surface area contributed by atoms with Gasteiger partial charge in [0.15, 0.2) is 0 Å². The first-order valence-corrected chi connectivity index (χ1v) is 9.27. The molecule has 23 heavy (non-hydrogen) atoms. The third-order valence-corrected chi connectivity index (χ3v) is 5.51. The quantitative estimate of drug-likeness (QED) is 0.791. The minimum atomic E-state index is -0.0899. The number of halogens is 2. The molecule has 1 aliphatic heterocycles. The van der Waals surface area contributed by atoms with Crippen LogP contribution in [-0.4, -0.2) is 72.3 Å². The number of amides is 2. The van der Waals surface area contributed by atoms with Crippen LogP contribution >= 0.6 is 34.5 Å². The standard InChI is InChI=1S/C15H21Cl2N3O2S/c1-3-19(4-2)13(21)10-18-5-7-20(8-6-18)15(22)11-9-12(16)23-14(11)17/h9H,3-8,10H2,1-2H3. The first-order valence-electron chi connectivity index (χ1n) is 7.70. The van der Waals surface area contributed by atoms with Crippen LogP contribution in [0.2, 0.25) is 8.67 Å². The van der Waals surface area contributed by atoms with Gasteiger partial charge in [-0.15, -0.1) is 11.3 Å². The second-order valence-corrected chi connectivity index (χ2v) is 7.66. The van der Waals surface area contributed by atoms with Crippen LogP contribution in [0.5, 0.6) is 0 Å². The van der Waals surface area contributed by atoms with Gasteiger partial charge < -0.3 is 9.80 Å². The van der Waals surface area contributed by atoms with Crippen LogP contribution in [0, 0.1) is 0 Å². The third-order valence-electron chi connectivity index (χ3n) is 4.02. The summed E-state index contributed by atoms with van der Waals surface area (Å²) in [4.78, 5) is 30.3. The maximum Gasteiger partial charge on any atom is 0.256 e. The molecular weight excluding hydrogens is 357 g/mol. The number of carbonyl (C=O) groups excluding carboxylic acids is 2. The van der Waals surface area contributed by atoms with Gasteiger partial charge in [-0.25, -0.2) is 0 Å². The molecule has 0 aromatic carbocycles. The molecule has 1 saturated heterocycles. The van der Waals surface area contributed by atoms with Crippen LogP contribution in [0.15, 0.2) is 6.07 Å². The fraction of sp³-hybridized carbons (Fsp3) is 0.600. The molecule has 1 fully saturated rings. The zero-order chi connectivity index (χ0) is 17.0. The van der Waals surface area contributed by atoms with Crippen LogP contribution in [0.4, 0.5) is 0 Å². The van der Waals surface area contributed by atoms with E-state index in [2.05, 4.69) is 4.90 Å². The molecule has 0 N–H and O–H groups in total. The van der Waals surface area contributed by atoms with Gasteiger partial charge in [0.05, 0.1) is 16.4 Å². The van der Waals surface area contributed by atoms with Crippen molar-refractivity contribution in [3.63, 3.8) is 0 Å². The Morgan fingerprint density at radius 3 is 2.26 bits per heavy atom. The van der Waals surface area contributed by atoms with Gasteiger partial charge in [0.1, 0.15) is 4.34 Å². The molecule has 0 atom stereocenters. The van der Waals surface area contributed by atoms with E-state index in [0.29, 0.717) is 47.0 Å². The summed E-state index contributed by atoms with van der Waals surface area (Å²) in [6, 6.07) is 1.62. The van der Waals surface area contributed by atoms with Crippen molar-refractivity contribution in [1.82, 2.24) is 14.7 Å². The fourth-order valence-electron chi connectivity index (χ4n) is 2.63. The molecule has 2 amide bonds. The Balaban J connectivity index is 1.87. The number of carbonyl (C=O) groups is 2. The van der Waals surface area contributed by atoms with Crippen LogP contribution in [0.25, 0.3) is 0 Å². The second-order valence-electron chi connectivity index (χ2n) is 5.37. The van der Waals surface area contributed by atoms with Gasteiger partial charge in [-0.05, 0) is 19.9 Å². The SMILES string of the molecule is CCN(CC)C(=O)CN1CCN(C(=O)c2cc(Cl)sc2Cl)CC1. The Morgan fingerprint density at radius 1 is 1.17 bits per heavy atom. The van der Waals surface area contributed by atoms with E-state index in [9.17, 15) is 9.59 Å². The maximum absolute atomic E-state index is 12.5. The summed E-state index contributed by atoms with van der Waals surface area (Å²) in [6.45, 7) is 8.39. The van der Waals surface area contributed by atoms with Crippen molar-refractivity contribution in [1.29, 1.82) is 0 Å². The predicted octanol–water partition coefficient (Wildman–Crippen LogP) is 2.68. The van der Waals surface area contributed by atoms with Crippen molar-refractivity contribution in [3.05, 3.63) is 20.3 Å². The topological polar surface area (TPSA) is 43.9 Å². The van der Waals surface area contributed by atoms with Crippen molar-refractivity contribution < 1.29 is 9.59 Å². The number of nitrogens with zero attached hydrogens (tertiary/aromatic N) is 3. The summed E-state index contributed by atoms with van der Waals surface area (Å²) in [7, 11) is 0. The molecule has 8 heteroatoms. The van der Waals surface area contributed by atoms with Crippen LogP contribution in [0.3, 0.4) is 0 Å². The molecular formula is C15H21Cl2N3O2S. The van der Waals surface area contributed by atoms with Crippen LogP contribution < -0.4 is 0 Å². The number of hydrogen-bond acceptors (Lipinski definition) is 4. The van der Waals surface area contributed by atoms with Crippen LogP contribution in [-0.2, 0) is 4.79 Å². The van der Waals surface area contributed by atoms with Crippen molar-refractivity contribution in [2.75, 3.05) is 45.8 Å². The minimum Gasteiger partial charge on any atom is -0.342 e. The molecule has 2 heterocycles. The van der Waals surface area contributed by atoms with Gasteiger partial charge >= 0.3 is 0 Å². The summed E-state index contributed by atoms with van der Waals surface area (Å²) >= 11 is 13.2. The van der Waals surface area contributed by atoms with Gasteiger partial charge in [-0.1, -0.05) is 23.2 Å². The van der Waals surface area contributed by atoms with E-state index < -0.39 is 0 Å². The highest BCUT2D eigenvalue weighted by Gasteiger charge is 2.26. The fourth-order valence-corrected chi connectivity index (χ4v) is 4.08. The molecule has 0 aliphatic carbocycles. The Hall–Kier alpha value is -0.820. The molecule has 0 saturated carbocycles. The third kappa shape index (κ3) is 4.59. The summed E-state index contributed by atoms with van der Waals surface area (Å²) in [5.41, 5.74) is 0.467. The maximum atomic E-state index is 12.5. The Morgan fingerprint density at radius 2 is 1.78 bits per heavy atom. The van der Waals surface area contributed by atoms with Crippen LogP contribution in [0.1, 0.15) is 24.2 Å². The molecule has 2 rings (SSSR count). The Bertz CT molecular complexity index is 567. The number of piperazine rings is 1. The second kappa shape index (κ2) is 8.33. The molecule has 0 radical (unpaired) electrons. The van der Waals surface area contributed by atoms with Gasteiger partial charge in [0.2, 0.25) is 5.91 Å². The van der Waals surface area contributed by atoms with E-state index in [1.54, 1.807) is 11.0 Å². The Labute approximate surface area is 150 Å². The van der Waals surface area contributed by atoms with Gasteiger partial charge in [-0.2, -0.15) is 0 Å². The van der Waals surface area contributed by atoms with E-state index in [-0.39, 0.29) is 11.8 Å². The highest BCUT2D eigenvalue weighted by Crippen LogP contribution is 2.32. The first-order chi connectivity index (χ1) is 11.0. The van der Waals surface area contributed by atoms with Gasteiger partial charge in [-0.3, -0.25) is 14.5 Å². The van der Waals surface area contributed by atoms with E-state index in [1.165, 1.54) is 11.3 Å². The molecule has 128 valence electrons. The zero-order valence-electron chi connectivity index (χ0n) is 13.3. The van der Waals surface area contributed by atoms with Gasteiger partial charge in [0, 0.05) is 39.3 Å². The lowest BCUT2D eigenvalue weighted by Crippen LogP contribution is -2.51. The lowest BCUT2D eigenvalue weighted by atomic mass is 10.2. The highest BCUT2D eigenvalue weighted by molar-refractivity contribution is 7.20. The smallest absolute Gasteiger partial charge is 0.256 e. The summed E-state index contributed by atoms with van der Waals surface area (Å²) < 4.78 is 0.945. The van der Waals surface area contributed by atoms with Gasteiger partial charge in [0.25, 0.3) is 5.91 Å². The van der Waals surface area contributed by atoms with E-state index >= 15 is 0 Å². The molecule has 0 unspecified atom stereocenters. The van der Waals surface area contributed by atoms with Crippen molar-refractivity contribution in [2.24, 2.45) is 0 Å². The number of likely N-dealkylation sites (N-methyl/N-ethyl adjacent to an activating group) is 1. The average Bonchev–Trinajstić information content (AvgIpc) is 2.87. The average molecular weight is 378 g/mol. The number of rotatable bonds is 5. The zero-order valence-corrected chi connectivity index (χ0v) is 15.7. The predicted molar refractivity (Wildman–Crippen MR) is 94.6 cm³/mol. The van der Waals surface area contributed by atoms with E-state index in [0.717, 1.165) is 13.1 Å². The monoisotopic (exact) mass is 377 g/mol.